The van der Waals surface area contributed by atoms with Gasteiger partial charge in [-0.15, -0.1) is 0 Å². The molecule has 0 saturated heterocycles. The van der Waals surface area contributed by atoms with Crippen molar-refractivity contribution in [3.05, 3.63) is 88.0 Å². The molecule has 4 rings (SSSR count). The summed E-state index contributed by atoms with van der Waals surface area (Å²) in [5.41, 5.74) is 8.67. The highest BCUT2D eigenvalue weighted by Gasteiger charge is 2.45. The summed E-state index contributed by atoms with van der Waals surface area (Å²) in [4.78, 5) is 23.8. The summed E-state index contributed by atoms with van der Waals surface area (Å²) in [6, 6.07) is 15.3. The standard InChI is InChI=1S/C30H34O4/c1-4-34-28(33)19-24(32)18-23(31)11-12-27-29(22-16-20(2)15-21(3)17-22)25-9-5-6-10-26(25)30(27)13-7-8-14-30/h5-6,9-12,15-17,23,31H,4,7-8,13-14,18-19H2,1-3H3/b12-11+. The number of ketones is 1. The maximum Gasteiger partial charge on any atom is 0.313 e. The van der Waals surface area contributed by atoms with E-state index in [0.29, 0.717) is 0 Å². The number of carbonyl (C=O) groups excluding carboxylic acids is 2. The van der Waals surface area contributed by atoms with Gasteiger partial charge in [0.25, 0.3) is 0 Å². The maximum atomic E-state index is 12.2. The van der Waals surface area contributed by atoms with E-state index < -0.39 is 12.1 Å². The lowest BCUT2D eigenvalue weighted by Gasteiger charge is -2.28. The lowest BCUT2D eigenvalue weighted by Crippen LogP contribution is -2.22. The maximum absolute atomic E-state index is 12.2. The number of fused-ring (bicyclic) bond motifs is 2. The van der Waals surface area contributed by atoms with Crippen molar-refractivity contribution in [1.82, 2.24) is 0 Å². The first-order valence-electron chi connectivity index (χ1n) is 12.3. The third kappa shape index (κ3) is 4.78. The van der Waals surface area contributed by atoms with E-state index in [4.69, 9.17) is 4.74 Å². The number of esters is 1. The zero-order valence-corrected chi connectivity index (χ0v) is 20.4. The molecule has 1 N–H and O–H groups in total. The molecule has 0 heterocycles. The Balaban J connectivity index is 1.72. The second kappa shape index (κ2) is 10.1. The van der Waals surface area contributed by atoms with Crippen molar-refractivity contribution < 1.29 is 19.4 Å². The first kappa shape index (κ1) is 24.2. The molecule has 1 unspecified atom stereocenters. The molecule has 2 aliphatic carbocycles. The number of allylic oxidation sites excluding steroid dienone is 2. The number of hydrogen-bond acceptors (Lipinski definition) is 4. The zero-order valence-electron chi connectivity index (χ0n) is 20.4. The van der Waals surface area contributed by atoms with Gasteiger partial charge in [0.1, 0.15) is 12.2 Å². The van der Waals surface area contributed by atoms with Crippen LogP contribution in [0.4, 0.5) is 0 Å². The number of hydrogen-bond donors (Lipinski definition) is 1. The van der Waals surface area contributed by atoms with Gasteiger partial charge < -0.3 is 9.84 Å². The molecule has 0 bridgehead atoms. The smallest absolute Gasteiger partial charge is 0.313 e. The van der Waals surface area contributed by atoms with E-state index in [0.717, 1.165) is 12.8 Å². The highest BCUT2D eigenvalue weighted by Crippen LogP contribution is 2.57. The fraction of sp³-hybridized carbons (Fsp3) is 0.400. The van der Waals surface area contributed by atoms with Gasteiger partial charge in [-0.2, -0.15) is 0 Å². The Morgan fingerprint density at radius 2 is 1.76 bits per heavy atom. The van der Waals surface area contributed by atoms with Crippen molar-refractivity contribution in [2.75, 3.05) is 6.61 Å². The molecule has 1 fully saturated rings. The molecule has 34 heavy (non-hydrogen) atoms. The van der Waals surface area contributed by atoms with Crippen LogP contribution in [0.25, 0.3) is 5.57 Å². The molecular formula is C30H34O4. The Morgan fingerprint density at radius 3 is 2.44 bits per heavy atom. The molecular weight excluding hydrogens is 424 g/mol. The summed E-state index contributed by atoms with van der Waals surface area (Å²) in [6.45, 7) is 6.20. The van der Waals surface area contributed by atoms with Crippen LogP contribution in [0.3, 0.4) is 0 Å². The lowest BCUT2D eigenvalue weighted by atomic mass is 9.75. The van der Waals surface area contributed by atoms with Crippen LogP contribution in [0.5, 0.6) is 0 Å². The van der Waals surface area contributed by atoms with E-state index in [-0.39, 0.29) is 30.6 Å². The number of aliphatic hydroxyl groups excluding tert-OH is 1. The molecule has 2 aromatic carbocycles. The van der Waals surface area contributed by atoms with Crippen LogP contribution in [-0.2, 0) is 19.7 Å². The Hall–Kier alpha value is -2.98. The topological polar surface area (TPSA) is 63.6 Å². The van der Waals surface area contributed by atoms with E-state index in [9.17, 15) is 14.7 Å². The van der Waals surface area contributed by atoms with Gasteiger partial charge >= 0.3 is 5.97 Å². The minimum atomic E-state index is -0.947. The second-order valence-electron chi connectivity index (χ2n) is 9.65. The van der Waals surface area contributed by atoms with Crippen molar-refractivity contribution >= 4 is 17.3 Å². The van der Waals surface area contributed by atoms with Crippen LogP contribution >= 0.6 is 0 Å². The van der Waals surface area contributed by atoms with Crippen LogP contribution < -0.4 is 0 Å². The van der Waals surface area contributed by atoms with Crippen molar-refractivity contribution in [1.29, 1.82) is 0 Å². The van der Waals surface area contributed by atoms with Crippen molar-refractivity contribution in [3.63, 3.8) is 0 Å². The normalized spacial score (nSPS) is 17.4. The molecule has 4 nitrogen and oxygen atoms in total. The Kier molecular flexibility index (Phi) is 7.18. The van der Waals surface area contributed by atoms with Crippen LogP contribution in [0, 0.1) is 13.8 Å². The quantitative estimate of drug-likeness (QED) is 0.403. The van der Waals surface area contributed by atoms with Gasteiger partial charge in [0.2, 0.25) is 0 Å². The predicted molar refractivity (Wildman–Crippen MR) is 135 cm³/mol. The van der Waals surface area contributed by atoms with Crippen LogP contribution in [-0.4, -0.2) is 29.6 Å². The molecule has 178 valence electrons. The molecule has 0 aliphatic heterocycles. The summed E-state index contributed by atoms with van der Waals surface area (Å²) < 4.78 is 4.85. The molecule has 1 saturated carbocycles. The number of carbonyl (C=O) groups is 2. The fourth-order valence-electron chi connectivity index (χ4n) is 5.79. The molecule has 4 heteroatoms. The minimum absolute atomic E-state index is 0.0608. The summed E-state index contributed by atoms with van der Waals surface area (Å²) in [5.74, 6) is -0.857. The third-order valence-corrected chi connectivity index (χ3v) is 7.03. The number of aliphatic hydroxyl groups is 1. The van der Waals surface area contributed by atoms with E-state index in [1.165, 1.54) is 51.8 Å². The van der Waals surface area contributed by atoms with Gasteiger partial charge in [-0.1, -0.05) is 78.6 Å². The Bertz CT molecular complexity index is 1130. The van der Waals surface area contributed by atoms with Crippen molar-refractivity contribution in [2.24, 2.45) is 0 Å². The van der Waals surface area contributed by atoms with Gasteiger partial charge in [0.15, 0.2) is 0 Å². The highest BCUT2D eigenvalue weighted by molar-refractivity contribution is 5.96. The summed E-state index contributed by atoms with van der Waals surface area (Å²) in [7, 11) is 0. The van der Waals surface area contributed by atoms with Crippen LogP contribution in [0.15, 0.2) is 60.2 Å². The van der Waals surface area contributed by atoms with Crippen molar-refractivity contribution in [2.45, 2.75) is 70.8 Å². The molecule has 0 radical (unpaired) electrons. The van der Waals surface area contributed by atoms with E-state index in [2.05, 4.69) is 56.3 Å². The van der Waals surface area contributed by atoms with Crippen LogP contribution in [0.1, 0.15) is 73.3 Å². The average Bonchev–Trinajstić information content (AvgIpc) is 3.36. The van der Waals surface area contributed by atoms with Gasteiger partial charge in [-0.05, 0) is 61.4 Å². The highest BCUT2D eigenvalue weighted by atomic mass is 16.5. The second-order valence-corrected chi connectivity index (χ2v) is 9.65. The van der Waals surface area contributed by atoms with Crippen molar-refractivity contribution in [3.8, 4) is 0 Å². The van der Waals surface area contributed by atoms with E-state index in [1.807, 2.05) is 6.08 Å². The number of ether oxygens (including phenoxy) is 1. The molecule has 0 amide bonds. The summed E-state index contributed by atoms with van der Waals surface area (Å²) in [5, 5.41) is 10.6. The third-order valence-electron chi connectivity index (χ3n) is 7.03. The van der Waals surface area contributed by atoms with Gasteiger partial charge in [-0.25, -0.2) is 0 Å². The van der Waals surface area contributed by atoms with E-state index in [1.54, 1.807) is 13.0 Å². The number of aryl methyl sites for hydroxylation is 2. The predicted octanol–water partition coefficient (Wildman–Crippen LogP) is 5.76. The fourth-order valence-corrected chi connectivity index (χ4v) is 5.79. The first-order chi connectivity index (χ1) is 16.3. The van der Waals surface area contributed by atoms with Gasteiger partial charge in [0, 0.05) is 11.8 Å². The molecule has 2 aliphatic rings. The van der Waals surface area contributed by atoms with Crippen LogP contribution in [0.2, 0.25) is 0 Å². The number of benzene rings is 2. The molecule has 1 spiro atoms. The average molecular weight is 459 g/mol. The van der Waals surface area contributed by atoms with E-state index >= 15 is 0 Å². The monoisotopic (exact) mass is 458 g/mol. The molecule has 2 aromatic rings. The molecule has 0 aromatic heterocycles. The zero-order chi connectivity index (χ0) is 24.3. The Labute approximate surface area is 202 Å². The largest absolute Gasteiger partial charge is 0.466 e. The first-order valence-corrected chi connectivity index (χ1v) is 12.3. The lowest BCUT2D eigenvalue weighted by molar-refractivity contribution is -0.145. The number of Topliss-reactive ketones (excluding diaryl/α,β-unsaturated/α-hetero) is 1. The van der Waals surface area contributed by atoms with Gasteiger partial charge in [0.05, 0.1) is 12.7 Å². The summed E-state index contributed by atoms with van der Waals surface area (Å²) >= 11 is 0. The number of rotatable bonds is 8. The van der Waals surface area contributed by atoms with Gasteiger partial charge in [-0.3, -0.25) is 9.59 Å². The SMILES string of the molecule is CCOC(=O)CC(=O)CC(O)/C=C/C1=C(c2cc(C)cc(C)c2)c2ccccc2C12CCCC2. The molecule has 1 atom stereocenters. The summed E-state index contributed by atoms with van der Waals surface area (Å²) in [6.07, 6.45) is 6.93. The minimum Gasteiger partial charge on any atom is -0.466 e. The Morgan fingerprint density at radius 1 is 1.09 bits per heavy atom.